The van der Waals surface area contributed by atoms with Gasteiger partial charge in [0.25, 0.3) is 0 Å². The maximum Gasteiger partial charge on any atom is 0.00637 e. The van der Waals surface area contributed by atoms with Crippen molar-refractivity contribution in [2.24, 2.45) is 0 Å². The number of benzene rings is 4. The summed E-state index contributed by atoms with van der Waals surface area (Å²) in [5.74, 6) is 0.923. The first-order chi connectivity index (χ1) is 16.2. The van der Waals surface area contributed by atoms with E-state index in [0.717, 1.165) is 6.42 Å². The van der Waals surface area contributed by atoms with E-state index in [1.807, 2.05) is 0 Å². The van der Waals surface area contributed by atoms with Gasteiger partial charge < -0.3 is 0 Å². The molecule has 2 aliphatic rings. The monoisotopic (exact) mass is 424 g/mol. The van der Waals surface area contributed by atoms with Crippen LogP contribution in [0.4, 0.5) is 0 Å². The Morgan fingerprint density at radius 3 is 1.33 bits per heavy atom. The zero-order valence-corrected chi connectivity index (χ0v) is 19.3. The van der Waals surface area contributed by atoms with Gasteiger partial charge in [-0.25, -0.2) is 0 Å². The molecule has 2 unspecified atom stereocenters. The second-order valence-electron chi connectivity index (χ2n) is 9.54. The highest BCUT2D eigenvalue weighted by atomic mass is 14.3. The first-order valence-corrected chi connectivity index (χ1v) is 11.9. The first-order valence-electron chi connectivity index (χ1n) is 11.9. The molecule has 0 N–H and O–H groups in total. The average Bonchev–Trinajstić information content (AvgIpc) is 3.35. The van der Waals surface area contributed by atoms with Crippen LogP contribution in [0.1, 0.15) is 54.4 Å². The lowest BCUT2D eigenvalue weighted by Gasteiger charge is -2.23. The molecule has 0 aliphatic heterocycles. The molecule has 0 fully saturated rings. The Morgan fingerprint density at radius 2 is 0.909 bits per heavy atom. The van der Waals surface area contributed by atoms with Gasteiger partial charge in [0.1, 0.15) is 0 Å². The molecule has 0 bridgehead atoms. The predicted octanol–water partition coefficient (Wildman–Crippen LogP) is 9.11. The van der Waals surface area contributed by atoms with Crippen LogP contribution in [0.25, 0.3) is 34.4 Å². The molecule has 0 aromatic heterocycles. The summed E-state index contributed by atoms with van der Waals surface area (Å²) in [6, 6.07) is 35.5. The molecule has 4 aromatic rings. The third-order valence-electron chi connectivity index (χ3n) is 7.48. The molecule has 2 atom stereocenters. The smallest absolute Gasteiger partial charge is 0.00637 e. The van der Waals surface area contributed by atoms with Crippen molar-refractivity contribution in [3.05, 3.63) is 130 Å². The highest BCUT2D eigenvalue weighted by Crippen LogP contribution is 2.48. The van der Waals surface area contributed by atoms with E-state index in [1.54, 1.807) is 0 Å². The molecule has 33 heavy (non-hydrogen) atoms. The van der Waals surface area contributed by atoms with Crippen LogP contribution in [-0.2, 0) is 0 Å². The zero-order valence-electron chi connectivity index (χ0n) is 19.3. The molecule has 0 saturated carbocycles. The van der Waals surface area contributed by atoms with E-state index in [0.29, 0.717) is 11.8 Å². The number of fused-ring (bicyclic) bond motifs is 2. The second kappa shape index (κ2) is 8.05. The van der Waals surface area contributed by atoms with Crippen molar-refractivity contribution in [3.63, 3.8) is 0 Å². The minimum Gasteiger partial charge on any atom is -0.0652 e. The largest absolute Gasteiger partial charge is 0.0652 e. The molecule has 0 saturated heterocycles. The van der Waals surface area contributed by atoms with Gasteiger partial charge in [0.2, 0.25) is 0 Å². The van der Waals surface area contributed by atoms with Crippen LogP contribution < -0.4 is 0 Å². The molecule has 6 rings (SSSR count). The Labute approximate surface area is 196 Å². The van der Waals surface area contributed by atoms with Crippen molar-refractivity contribution in [1.82, 2.24) is 0 Å². The van der Waals surface area contributed by atoms with Crippen LogP contribution in [-0.4, -0.2) is 0 Å². The molecule has 0 radical (unpaired) electrons. The van der Waals surface area contributed by atoms with Crippen LogP contribution in [0.15, 0.2) is 108 Å². The summed E-state index contributed by atoms with van der Waals surface area (Å²) >= 11 is 0. The van der Waals surface area contributed by atoms with Crippen LogP contribution >= 0.6 is 0 Å². The summed E-state index contributed by atoms with van der Waals surface area (Å²) in [4.78, 5) is 0. The summed E-state index contributed by atoms with van der Waals surface area (Å²) in [6.07, 6.45) is 5.91. The highest BCUT2D eigenvalue weighted by molar-refractivity contribution is 5.75. The molecule has 2 aliphatic carbocycles. The molecular formula is C33H28. The fraction of sp³-hybridized carbons (Fsp3) is 0.152. The third kappa shape index (κ3) is 3.56. The second-order valence-corrected chi connectivity index (χ2v) is 9.54. The maximum absolute atomic E-state index is 2.43. The quantitative estimate of drug-likeness (QED) is 0.306. The fourth-order valence-electron chi connectivity index (χ4n) is 5.68. The first kappa shape index (κ1) is 20.0. The Hall–Kier alpha value is -3.64. The number of rotatable bonds is 4. The van der Waals surface area contributed by atoms with Crippen molar-refractivity contribution in [2.45, 2.75) is 32.1 Å². The van der Waals surface area contributed by atoms with Crippen LogP contribution in [0, 0.1) is 0 Å². The van der Waals surface area contributed by atoms with Crippen molar-refractivity contribution in [1.29, 1.82) is 0 Å². The molecule has 0 heterocycles. The Balaban J connectivity index is 1.35. The van der Waals surface area contributed by atoms with E-state index < -0.39 is 0 Å². The molecule has 4 aromatic carbocycles. The van der Waals surface area contributed by atoms with Gasteiger partial charge in [-0.1, -0.05) is 108 Å². The summed E-state index contributed by atoms with van der Waals surface area (Å²) < 4.78 is 0. The summed E-state index contributed by atoms with van der Waals surface area (Å²) in [5, 5.41) is 0. The summed E-state index contributed by atoms with van der Waals surface area (Å²) in [7, 11) is 0. The summed E-state index contributed by atoms with van der Waals surface area (Å²) in [6.45, 7) is 4.62. The fourth-order valence-corrected chi connectivity index (χ4v) is 5.68. The van der Waals surface area contributed by atoms with E-state index >= 15 is 0 Å². The number of allylic oxidation sites excluding steroid dienone is 2. The Bertz CT molecular complexity index is 1280. The summed E-state index contributed by atoms with van der Waals surface area (Å²) in [5.41, 5.74) is 13.9. The predicted molar refractivity (Wildman–Crippen MR) is 141 cm³/mol. The van der Waals surface area contributed by atoms with Gasteiger partial charge >= 0.3 is 0 Å². The van der Waals surface area contributed by atoms with Crippen LogP contribution in [0.3, 0.4) is 0 Å². The SMILES string of the molecule is CC1=Cc2ccc(-c3ccccc3)cc2C1CC1C(C)=Cc2ccc(-c3ccccc3)cc21. The van der Waals surface area contributed by atoms with Crippen LogP contribution in [0.5, 0.6) is 0 Å². The Kier molecular flexibility index (Phi) is 4.88. The molecule has 0 nitrogen and oxygen atoms in total. The third-order valence-corrected chi connectivity index (χ3v) is 7.48. The van der Waals surface area contributed by atoms with E-state index in [1.165, 1.54) is 55.7 Å². The normalized spacial score (nSPS) is 18.5. The Morgan fingerprint density at radius 1 is 0.485 bits per heavy atom. The van der Waals surface area contributed by atoms with Crippen molar-refractivity contribution >= 4 is 12.2 Å². The lowest BCUT2D eigenvalue weighted by Crippen LogP contribution is -2.06. The lowest BCUT2D eigenvalue weighted by molar-refractivity contribution is 0.643. The van der Waals surface area contributed by atoms with Crippen molar-refractivity contribution in [3.8, 4) is 22.3 Å². The maximum atomic E-state index is 2.43. The van der Waals surface area contributed by atoms with Gasteiger partial charge in [-0.15, -0.1) is 0 Å². The van der Waals surface area contributed by atoms with Crippen molar-refractivity contribution in [2.75, 3.05) is 0 Å². The van der Waals surface area contributed by atoms with Gasteiger partial charge in [-0.05, 0) is 76.9 Å². The number of hydrogen-bond donors (Lipinski definition) is 0. The molecule has 0 spiro atoms. The van der Waals surface area contributed by atoms with E-state index in [4.69, 9.17) is 0 Å². The minimum absolute atomic E-state index is 0.461. The standard InChI is InChI=1S/C33H28/c1-22-17-28-15-13-26(24-9-5-3-6-10-24)19-32(28)30(22)21-31-23(2)18-29-16-14-27(20-33(29)31)25-11-7-4-8-12-25/h3-20,30-31H,21H2,1-2H3. The average molecular weight is 425 g/mol. The van der Waals surface area contributed by atoms with Crippen molar-refractivity contribution < 1.29 is 0 Å². The van der Waals surface area contributed by atoms with Gasteiger partial charge in [0.05, 0.1) is 0 Å². The lowest BCUT2D eigenvalue weighted by atomic mass is 9.81. The van der Waals surface area contributed by atoms with Gasteiger partial charge in [0.15, 0.2) is 0 Å². The van der Waals surface area contributed by atoms with E-state index in [-0.39, 0.29) is 0 Å². The van der Waals surface area contributed by atoms with Gasteiger partial charge in [-0.2, -0.15) is 0 Å². The van der Waals surface area contributed by atoms with Crippen LogP contribution in [0.2, 0.25) is 0 Å². The van der Waals surface area contributed by atoms with Gasteiger partial charge in [0, 0.05) is 11.8 Å². The van der Waals surface area contributed by atoms with E-state index in [9.17, 15) is 0 Å². The van der Waals surface area contributed by atoms with Gasteiger partial charge in [-0.3, -0.25) is 0 Å². The minimum atomic E-state index is 0.461. The number of hydrogen-bond acceptors (Lipinski definition) is 0. The topological polar surface area (TPSA) is 0 Å². The molecule has 160 valence electrons. The molecule has 0 heteroatoms. The molecular weight excluding hydrogens is 396 g/mol. The highest BCUT2D eigenvalue weighted by Gasteiger charge is 2.30. The molecule has 0 amide bonds. The zero-order chi connectivity index (χ0) is 22.4. The van der Waals surface area contributed by atoms with E-state index in [2.05, 4.69) is 123 Å².